The van der Waals surface area contributed by atoms with Gasteiger partial charge >= 0.3 is 0 Å². The van der Waals surface area contributed by atoms with Crippen LogP contribution in [0.5, 0.6) is 0 Å². The quantitative estimate of drug-likeness (QED) is 0.797. The number of pyridine rings is 1. The van der Waals surface area contributed by atoms with Gasteiger partial charge in [-0.1, -0.05) is 25.1 Å². The molecule has 0 aliphatic heterocycles. The highest BCUT2D eigenvalue weighted by Crippen LogP contribution is 2.19. The van der Waals surface area contributed by atoms with Crippen LogP contribution in [0.25, 0.3) is 10.9 Å². The maximum absolute atomic E-state index is 12.1. The molecule has 0 radical (unpaired) electrons. The summed E-state index contributed by atoms with van der Waals surface area (Å²) < 4.78 is 0. The molecule has 5 heteroatoms. The number of fused-ring (bicyclic) bond motifs is 1. The molecule has 0 bridgehead atoms. The molecule has 3 aromatic rings. The number of hydrogen-bond acceptors (Lipinski definition) is 4. The molecular weight excluding hydrogens is 270 g/mol. The van der Waals surface area contributed by atoms with Gasteiger partial charge in [-0.05, 0) is 18.1 Å². The molecule has 1 N–H and O–H groups in total. The number of hydrogen-bond donors (Lipinski definition) is 1. The van der Waals surface area contributed by atoms with Gasteiger partial charge < -0.3 is 0 Å². The second-order valence-corrected chi connectivity index (χ2v) is 5.25. The zero-order valence-electron chi connectivity index (χ0n) is 11.0. The summed E-state index contributed by atoms with van der Waals surface area (Å²) in [6, 6.07) is 7.89. The van der Waals surface area contributed by atoms with Crippen molar-refractivity contribution in [3.63, 3.8) is 0 Å². The van der Waals surface area contributed by atoms with Crippen molar-refractivity contribution >= 4 is 33.3 Å². The largest absolute Gasteiger partial charge is 0.298 e. The van der Waals surface area contributed by atoms with Gasteiger partial charge in [0.05, 0.1) is 11.1 Å². The van der Waals surface area contributed by atoms with Crippen LogP contribution in [-0.2, 0) is 6.42 Å². The highest BCUT2D eigenvalue weighted by Gasteiger charge is 2.10. The molecule has 20 heavy (non-hydrogen) atoms. The van der Waals surface area contributed by atoms with E-state index in [1.165, 1.54) is 16.9 Å². The molecule has 0 fully saturated rings. The van der Waals surface area contributed by atoms with Gasteiger partial charge in [0.2, 0.25) is 0 Å². The van der Waals surface area contributed by atoms with E-state index in [4.69, 9.17) is 0 Å². The number of nitrogens with one attached hydrogen (secondary N) is 1. The molecule has 1 aromatic carbocycles. The minimum atomic E-state index is -0.184. The number of aryl methyl sites for hydroxylation is 1. The zero-order valence-corrected chi connectivity index (χ0v) is 11.8. The van der Waals surface area contributed by atoms with Crippen molar-refractivity contribution in [2.75, 3.05) is 5.32 Å². The molecule has 0 saturated carbocycles. The lowest BCUT2D eigenvalue weighted by Gasteiger charge is -2.06. The van der Waals surface area contributed by atoms with Gasteiger partial charge in [-0.15, -0.1) is 11.3 Å². The molecule has 0 aliphatic carbocycles. The monoisotopic (exact) mass is 285 g/mol. The van der Waals surface area contributed by atoms with Crippen LogP contribution < -0.4 is 5.32 Å². The average molecular weight is 285 g/mol. The molecule has 0 saturated heterocycles. The van der Waals surface area contributed by atoms with Gasteiger partial charge in [-0.25, -0.2) is 4.98 Å². The summed E-state index contributed by atoms with van der Waals surface area (Å²) in [4.78, 5) is 20.6. The van der Waals surface area contributed by atoms with Crippen LogP contribution in [0.1, 0.15) is 24.3 Å². The summed E-state index contributed by atoms with van der Waals surface area (Å²) in [5, 5.41) is 6.16. The third-order valence-corrected chi connectivity index (χ3v) is 3.78. The second kappa shape index (κ2) is 5.38. The number of nitrogens with zero attached hydrogens (tertiary/aromatic N) is 2. The van der Waals surface area contributed by atoms with Gasteiger partial charge in [0, 0.05) is 24.6 Å². The van der Waals surface area contributed by atoms with Crippen molar-refractivity contribution in [1.82, 2.24) is 9.97 Å². The summed E-state index contributed by atoms with van der Waals surface area (Å²) in [5.74, 6) is -0.184. The number of thiazole rings is 1. The Morgan fingerprint density at radius 3 is 3.05 bits per heavy atom. The fraction of sp³-hybridized carbons (Fsp3) is 0.133. The SMILES string of the molecule is CCc1cccc2cc(C(=O)Nc3nccs3)cnc12.[HH]. The lowest BCUT2D eigenvalue weighted by Crippen LogP contribution is -2.12. The first kappa shape index (κ1) is 12.7. The maximum atomic E-state index is 12.1. The predicted octanol–water partition coefficient (Wildman–Crippen LogP) is 3.75. The summed E-state index contributed by atoms with van der Waals surface area (Å²) in [6.45, 7) is 2.10. The van der Waals surface area contributed by atoms with Gasteiger partial charge in [0.25, 0.3) is 5.91 Å². The average Bonchev–Trinajstić information content (AvgIpc) is 2.98. The molecule has 0 spiro atoms. The Morgan fingerprint density at radius 1 is 1.40 bits per heavy atom. The highest BCUT2D eigenvalue weighted by atomic mass is 32.1. The van der Waals surface area contributed by atoms with E-state index < -0.39 is 0 Å². The first-order valence-electron chi connectivity index (χ1n) is 6.36. The van der Waals surface area contributed by atoms with Crippen LogP contribution in [0.4, 0.5) is 5.13 Å². The number of rotatable bonds is 3. The van der Waals surface area contributed by atoms with Crippen LogP contribution in [0, 0.1) is 0 Å². The topological polar surface area (TPSA) is 54.9 Å². The van der Waals surface area contributed by atoms with Crippen molar-refractivity contribution in [3.05, 3.63) is 53.2 Å². The third-order valence-electron chi connectivity index (χ3n) is 3.09. The minimum absolute atomic E-state index is 0. The summed E-state index contributed by atoms with van der Waals surface area (Å²) in [6.07, 6.45) is 4.20. The summed E-state index contributed by atoms with van der Waals surface area (Å²) in [7, 11) is 0. The fourth-order valence-electron chi connectivity index (χ4n) is 2.09. The fourth-order valence-corrected chi connectivity index (χ4v) is 2.61. The van der Waals surface area contributed by atoms with Gasteiger partial charge in [0.1, 0.15) is 0 Å². The lowest BCUT2D eigenvalue weighted by molar-refractivity contribution is 0.102. The first-order valence-corrected chi connectivity index (χ1v) is 7.24. The molecule has 1 amide bonds. The third kappa shape index (κ3) is 2.40. The number of anilines is 1. The molecule has 0 unspecified atom stereocenters. The Balaban J connectivity index is 0.00000161. The molecule has 102 valence electrons. The number of benzene rings is 1. The Labute approximate surface area is 122 Å². The lowest BCUT2D eigenvalue weighted by atomic mass is 10.1. The summed E-state index contributed by atoms with van der Waals surface area (Å²) in [5.41, 5.74) is 2.69. The predicted molar refractivity (Wildman–Crippen MR) is 83.3 cm³/mol. The standard InChI is InChI=1S/C15H13N3OS.H2/c1-2-10-4-3-5-11-8-12(9-17-13(10)11)14(19)18-15-16-6-7-20-15;/h3-9H,2H2,1H3,(H,16,18,19);1H. The van der Waals surface area contributed by atoms with Crippen molar-refractivity contribution in [3.8, 4) is 0 Å². The van der Waals surface area contributed by atoms with E-state index in [1.54, 1.807) is 12.4 Å². The Morgan fingerprint density at radius 2 is 2.30 bits per heavy atom. The van der Waals surface area contributed by atoms with E-state index in [9.17, 15) is 4.79 Å². The number of carbonyl (C=O) groups excluding carboxylic acids is 1. The number of para-hydroxylation sites is 1. The normalized spacial score (nSPS) is 10.7. The second-order valence-electron chi connectivity index (χ2n) is 4.36. The van der Waals surface area contributed by atoms with Crippen LogP contribution in [0.15, 0.2) is 42.0 Å². The van der Waals surface area contributed by atoms with Crippen LogP contribution in [-0.4, -0.2) is 15.9 Å². The maximum Gasteiger partial charge on any atom is 0.259 e. The molecule has 4 nitrogen and oxygen atoms in total. The van der Waals surface area contributed by atoms with Gasteiger partial charge in [-0.2, -0.15) is 0 Å². The van der Waals surface area contributed by atoms with E-state index >= 15 is 0 Å². The van der Waals surface area contributed by atoms with E-state index in [-0.39, 0.29) is 7.33 Å². The van der Waals surface area contributed by atoms with Crippen molar-refractivity contribution < 1.29 is 6.22 Å². The highest BCUT2D eigenvalue weighted by molar-refractivity contribution is 7.13. The van der Waals surface area contributed by atoms with Crippen LogP contribution in [0.3, 0.4) is 0 Å². The molecular formula is C15H15N3OS. The van der Waals surface area contributed by atoms with Gasteiger partial charge in [-0.3, -0.25) is 15.1 Å². The van der Waals surface area contributed by atoms with E-state index in [1.807, 2.05) is 23.6 Å². The van der Waals surface area contributed by atoms with E-state index in [0.717, 1.165) is 17.3 Å². The Bertz CT molecular complexity index is 759. The number of amides is 1. The molecule has 2 heterocycles. The number of carbonyl (C=O) groups is 1. The van der Waals surface area contributed by atoms with E-state index in [2.05, 4.69) is 28.3 Å². The van der Waals surface area contributed by atoms with Crippen molar-refractivity contribution in [1.29, 1.82) is 0 Å². The molecule has 0 aliphatic rings. The summed E-state index contributed by atoms with van der Waals surface area (Å²) >= 11 is 1.39. The Hall–Kier alpha value is -2.27. The first-order chi connectivity index (χ1) is 9.78. The van der Waals surface area contributed by atoms with Crippen molar-refractivity contribution in [2.45, 2.75) is 13.3 Å². The molecule has 0 atom stereocenters. The van der Waals surface area contributed by atoms with E-state index in [0.29, 0.717) is 10.7 Å². The molecule has 2 aromatic heterocycles. The van der Waals surface area contributed by atoms with Gasteiger partial charge in [0.15, 0.2) is 5.13 Å². The zero-order chi connectivity index (χ0) is 13.9. The Kier molecular flexibility index (Phi) is 3.43. The minimum Gasteiger partial charge on any atom is -0.298 e. The number of aromatic nitrogens is 2. The van der Waals surface area contributed by atoms with Crippen LogP contribution in [0.2, 0.25) is 0 Å². The smallest absolute Gasteiger partial charge is 0.259 e. The van der Waals surface area contributed by atoms with Crippen LogP contribution >= 0.6 is 11.3 Å². The molecule has 3 rings (SSSR count). The van der Waals surface area contributed by atoms with Crippen molar-refractivity contribution in [2.24, 2.45) is 0 Å².